The van der Waals surface area contributed by atoms with Crippen LogP contribution in [0.4, 0.5) is 30.6 Å². The first-order valence-electron chi connectivity index (χ1n) is 12.5. The van der Waals surface area contributed by atoms with Crippen molar-refractivity contribution in [2.75, 3.05) is 68.5 Å². The number of fused-ring (bicyclic) bond motifs is 1. The van der Waals surface area contributed by atoms with Gasteiger partial charge in [-0.15, -0.1) is 5.10 Å². The minimum absolute atomic E-state index is 0.182. The summed E-state index contributed by atoms with van der Waals surface area (Å²) in [6, 6.07) is 2.92. The van der Waals surface area contributed by atoms with Gasteiger partial charge in [0.1, 0.15) is 17.6 Å². The first kappa shape index (κ1) is 26.5. The molecule has 0 saturated carbocycles. The Hall–Kier alpha value is -4.14. The molecular formula is C24H29F3N10O2. The molecule has 0 bridgehead atoms. The average Bonchev–Trinajstić information content (AvgIpc) is 3.61. The molecule has 5 rings (SSSR count). The van der Waals surface area contributed by atoms with Gasteiger partial charge in [-0.25, -0.2) is 15.0 Å². The minimum atomic E-state index is -4.54. The lowest BCUT2D eigenvalue weighted by Gasteiger charge is -2.36. The number of anilines is 3. The predicted molar refractivity (Wildman–Crippen MR) is 138 cm³/mol. The summed E-state index contributed by atoms with van der Waals surface area (Å²) in [7, 11) is 1.91. The van der Waals surface area contributed by atoms with Crippen LogP contribution in [-0.2, 0) is 6.18 Å². The molecular weight excluding hydrogens is 517 g/mol. The van der Waals surface area contributed by atoms with Crippen molar-refractivity contribution in [1.29, 1.82) is 0 Å². The Kier molecular flexibility index (Phi) is 7.41. The van der Waals surface area contributed by atoms with E-state index in [-0.39, 0.29) is 18.4 Å². The Morgan fingerprint density at radius 1 is 1.13 bits per heavy atom. The number of oxazole rings is 1. The molecule has 4 aromatic rings. The van der Waals surface area contributed by atoms with Crippen LogP contribution >= 0.6 is 0 Å². The van der Waals surface area contributed by atoms with Gasteiger partial charge in [0.2, 0.25) is 17.7 Å². The van der Waals surface area contributed by atoms with Crippen molar-refractivity contribution in [2.45, 2.75) is 19.5 Å². The van der Waals surface area contributed by atoms with Crippen molar-refractivity contribution in [3.05, 3.63) is 36.4 Å². The van der Waals surface area contributed by atoms with Crippen molar-refractivity contribution in [1.82, 2.24) is 34.4 Å². The number of alkyl halides is 3. The number of halogens is 3. The van der Waals surface area contributed by atoms with Crippen LogP contribution in [0.25, 0.3) is 17.4 Å². The predicted octanol–water partition coefficient (Wildman–Crippen LogP) is 2.82. The zero-order chi connectivity index (χ0) is 27.6. The zero-order valence-electron chi connectivity index (χ0n) is 21.6. The lowest BCUT2D eigenvalue weighted by atomic mass is 10.2. The molecule has 0 unspecified atom stereocenters. The molecule has 12 nitrogen and oxygen atoms in total. The number of hydrogen-bond donors (Lipinski definition) is 1. The molecule has 39 heavy (non-hydrogen) atoms. The zero-order valence-corrected chi connectivity index (χ0v) is 21.6. The SMILES string of the molecule is CCCOc1ncc(N2CCN(CCN(C)c3cc4nc(-c5ncco5)nn4c(N)n3)CC2)cc1C(F)(F)F. The average molecular weight is 547 g/mol. The van der Waals surface area contributed by atoms with Gasteiger partial charge in [0.15, 0.2) is 5.65 Å². The summed E-state index contributed by atoms with van der Waals surface area (Å²) in [4.78, 5) is 23.1. The molecule has 0 amide bonds. The molecule has 208 valence electrons. The maximum Gasteiger partial charge on any atom is 0.421 e. The van der Waals surface area contributed by atoms with Gasteiger partial charge in [-0.1, -0.05) is 6.92 Å². The highest BCUT2D eigenvalue weighted by Crippen LogP contribution is 2.37. The quantitative estimate of drug-likeness (QED) is 0.333. The Morgan fingerprint density at radius 2 is 1.92 bits per heavy atom. The van der Waals surface area contributed by atoms with Crippen molar-refractivity contribution in [2.24, 2.45) is 0 Å². The van der Waals surface area contributed by atoms with Crippen LogP contribution in [-0.4, -0.2) is 87.4 Å². The van der Waals surface area contributed by atoms with E-state index in [1.54, 1.807) is 6.07 Å². The summed E-state index contributed by atoms with van der Waals surface area (Å²) in [5.41, 5.74) is 6.22. The fraction of sp³-hybridized carbons (Fsp3) is 0.458. The Bertz CT molecular complexity index is 1400. The standard InChI is InChI=1S/C24H29F3N10O2/c1-3-11-38-21-17(24(25,26)27)13-16(15-30-21)36-9-7-35(8-10-36)6-5-34(2)18-14-19-31-20(22-29-4-12-39-22)33-37(19)23(28)32-18/h4,12-15H,3,5-11H2,1-2H3,(H2,28,32). The van der Waals surface area contributed by atoms with Crippen LogP contribution in [0.15, 0.2) is 35.2 Å². The number of ether oxygens (including phenoxy) is 1. The second kappa shape index (κ2) is 10.9. The van der Waals surface area contributed by atoms with Crippen LogP contribution in [0.2, 0.25) is 0 Å². The van der Waals surface area contributed by atoms with E-state index < -0.39 is 11.7 Å². The second-order valence-electron chi connectivity index (χ2n) is 9.16. The number of rotatable bonds is 9. The van der Waals surface area contributed by atoms with Gasteiger partial charge in [0.05, 0.1) is 24.7 Å². The molecule has 1 fully saturated rings. The summed E-state index contributed by atoms with van der Waals surface area (Å²) >= 11 is 0. The molecule has 1 aliphatic rings. The maximum absolute atomic E-state index is 13.6. The van der Waals surface area contributed by atoms with Gasteiger partial charge in [-0.05, 0) is 12.5 Å². The van der Waals surface area contributed by atoms with E-state index in [4.69, 9.17) is 14.9 Å². The van der Waals surface area contributed by atoms with Crippen LogP contribution in [0.1, 0.15) is 18.9 Å². The van der Waals surface area contributed by atoms with E-state index in [2.05, 4.69) is 29.9 Å². The van der Waals surface area contributed by atoms with E-state index >= 15 is 0 Å². The molecule has 0 atom stereocenters. The first-order chi connectivity index (χ1) is 18.7. The van der Waals surface area contributed by atoms with Gasteiger partial charge in [0, 0.05) is 52.4 Å². The number of nitrogens with zero attached hydrogens (tertiary/aromatic N) is 9. The Balaban J connectivity index is 1.18. The summed E-state index contributed by atoms with van der Waals surface area (Å²) in [6.07, 6.45) is 0.465. The molecule has 1 aliphatic heterocycles. The van der Waals surface area contributed by atoms with Crippen LogP contribution < -0.4 is 20.3 Å². The lowest BCUT2D eigenvalue weighted by Crippen LogP contribution is -2.48. The number of piperazine rings is 1. The van der Waals surface area contributed by atoms with Crippen molar-refractivity contribution >= 4 is 23.1 Å². The van der Waals surface area contributed by atoms with E-state index in [9.17, 15) is 13.2 Å². The molecule has 0 spiro atoms. The largest absolute Gasteiger partial charge is 0.477 e. The monoisotopic (exact) mass is 546 g/mol. The number of pyridine rings is 1. The van der Waals surface area contributed by atoms with E-state index in [0.29, 0.717) is 68.0 Å². The molecule has 15 heteroatoms. The van der Waals surface area contributed by atoms with Crippen LogP contribution in [0.5, 0.6) is 5.88 Å². The van der Waals surface area contributed by atoms with E-state index in [1.807, 2.05) is 23.8 Å². The molecule has 0 aliphatic carbocycles. The van der Waals surface area contributed by atoms with Crippen LogP contribution in [0.3, 0.4) is 0 Å². The van der Waals surface area contributed by atoms with Gasteiger partial charge >= 0.3 is 6.18 Å². The molecule has 5 heterocycles. The third-order valence-electron chi connectivity index (χ3n) is 6.43. The molecule has 0 aromatic carbocycles. The third kappa shape index (κ3) is 5.82. The van der Waals surface area contributed by atoms with Crippen molar-refractivity contribution < 1.29 is 22.3 Å². The Labute approximate surface area is 222 Å². The smallest absolute Gasteiger partial charge is 0.421 e. The number of likely N-dealkylation sites (N-methyl/N-ethyl adjacent to an activating group) is 1. The minimum Gasteiger partial charge on any atom is -0.477 e. The Morgan fingerprint density at radius 3 is 2.62 bits per heavy atom. The van der Waals surface area contributed by atoms with Gasteiger partial charge in [0.25, 0.3) is 5.89 Å². The molecule has 1 saturated heterocycles. The highest BCUT2D eigenvalue weighted by molar-refractivity contribution is 5.58. The number of nitrogen functional groups attached to an aromatic ring is 1. The molecule has 4 aromatic heterocycles. The number of hydrogen-bond acceptors (Lipinski definition) is 11. The van der Waals surface area contributed by atoms with E-state index in [0.717, 1.165) is 12.6 Å². The number of aromatic nitrogens is 6. The second-order valence-corrected chi connectivity index (χ2v) is 9.16. The van der Waals surface area contributed by atoms with Gasteiger partial charge in [-0.2, -0.15) is 22.7 Å². The normalized spacial score (nSPS) is 14.7. The van der Waals surface area contributed by atoms with E-state index in [1.165, 1.54) is 23.2 Å². The maximum atomic E-state index is 13.6. The van der Waals surface area contributed by atoms with Gasteiger partial charge in [-0.3, -0.25) is 4.90 Å². The fourth-order valence-electron chi connectivity index (χ4n) is 4.29. The summed E-state index contributed by atoms with van der Waals surface area (Å²) in [5, 5.41) is 4.30. The van der Waals surface area contributed by atoms with Crippen molar-refractivity contribution in [3.8, 4) is 17.6 Å². The summed E-state index contributed by atoms with van der Waals surface area (Å²) in [5.74, 6) is 1.06. The summed E-state index contributed by atoms with van der Waals surface area (Å²) in [6.45, 7) is 5.96. The summed E-state index contributed by atoms with van der Waals surface area (Å²) < 4.78 is 52.7. The highest BCUT2D eigenvalue weighted by atomic mass is 19.4. The van der Waals surface area contributed by atoms with Crippen LogP contribution in [0, 0.1) is 0 Å². The van der Waals surface area contributed by atoms with Gasteiger partial charge < -0.3 is 24.7 Å². The molecule has 2 N–H and O–H groups in total. The van der Waals surface area contributed by atoms with Crippen molar-refractivity contribution in [3.63, 3.8) is 0 Å². The molecule has 0 radical (unpaired) electrons. The third-order valence-corrected chi connectivity index (χ3v) is 6.43. The number of nitrogens with two attached hydrogens (primary N) is 1. The topological polar surface area (TPSA) is 127 Å². The fourth-order valence-corrected chi connectivity index (χ4v) is 4.29. The highest BCUT2D eigenvalue weighted by Gasteiger charge is 2.36. The lowest BCUT2D eigenvalue weighted by molar-refractivity contribution is -0.139. The first-order valence-corrected chi connectivity index (χ1v) is 12.5.